The van der Waals surface area contributed by atoms with Crippen LogP contribution in [-0.4, -0.2) is 49.0 Å². The Morgan fingerprint density at radius 1 is 1.46 bits per heavy atom. The molecule has 26 heavy (non-hydrogen) atoms. The Labute approximate surface area is 159 Å². The van der Waals surface area contributed by atoms with Crippen LogP contribution in [0.25, 0.3) is 0 Å². The smallest absolute Gasteiger partial charge is 0.254 e. The van der Waals surface area contributed by atoms with Crippen LogP contribution in [0.4, 0.5) is 4.39 Å². The maximum atomic E-state index is 12.5. The molecule has 0 aliphatic carbocycles. The van der Waals surface area contributed by atoms with Crippen molar-refractivity contribution in [2.24, 2.45) is 5.73 Å². The average molecular weight is 386 g/mol. The summed E-state index contributed by atoms with van der Waals surface area (Å²) in [6.07, 6.45) is 1.08. The van der Waals surface area contributed by atoms with Gasteiger partial charge in [0.25, 0.3) is 5.91 Å². The number of halogens is 2. The lowest BCUT2D eigenvalue weighted by atomic mass is 9.98. The number of amides is 2. The van der Waals surface area contributed by atoms with Gasteiger partial charge in [-0.3, -0.25) is 9.59 Å². The van der Waals surface area contributed by atoms with E-state index in [0.29, 0.717) is 36.2 Å². The van der Waals surface area contributed by atoms with Gasteiger partial charge in [-0.15, -0.1) is 12.4 Å². The van der Waals surface area contributed by atoms with E-state index in [1.54, 1.807) is 23.1 Å². The fourth-order valence-electron chi connectivity index (χ4n) is 2.61. The number of hydrogen-bond donors (Lipinski definition) is 2. The second kappa shape index (κ2) is 10.1. The SMILES string of the molecule is CC(C)NC(=O)CN1CCc2cc(OC/C(=C\F)CN)ccc2C1=O.Cl. The van der Waals surface area contributed by atoms with E-state index in [1.165, 1.54) is 0 Å². The van der Waals surface area contributed by atoms with Gasteiger partial charge >= 0.3 is 0 Å². The van der Waals surface area contributed by atoms with Crippen molar-refractivity contribution < 1.29 is 18.7 Å². The molecule has 3 N–H and O–H groups in total. The summed E-state index contributed by atoms with van der Waals surface area (Å²) in [4.78, 5) is 25.9. The zero-order valence-corrected chi connectivity index (χ0v) is 15.8. The van der Waals surface area contributed by atoms with Gasteiger partial charge in [0, 0.05) is 30.3 Å². The molecule has 2 amide bonds. The molecule has 6 nitrogen and oxygen atoms in total. The summed E-state index contributed by atoms with van der Waals surface area (Å²) in [5.74, 6) is 0.224. The van der Waals surface area contributed by atoms with Crippen LogP contribution >= 0.6 is 12.4 Å². The minimum absolute atomic E-state index is 0. The van der Waals surface area contributed by atoms with Crippen LogP contribution in [0.1, 0.15) is 29.8 Å². The van der Waals surface area contributed by atoms with Gasteiger partial charge in [-0.25, -0.2) is 4.39 Å². The van der Waals surface area contributed by atoms with Gasteiger partial charge < -0.3 is 20.7 Å². The molecule has 0 atom stereocenters. The van der Waals surface area contributed by atoms with Crippen molar-refractivity contribution in [2.45, 2.75) is 26.3 Å². The molecule has 0 radical (unpaired) electrons. The third-order valence-corrected chi connectivity index (χ3v) is 3.87. The molecule has 0 bridgehead atoms. The molecule has 0 saturated heterocycles. The van der Waals surface area contributed by atoms with E-state index >= 15 is 0 Å². The number of benzene rings is 1. The first-order chi connectivity index (χ1) is 11.9. The first-order valence-corrected chi connectivity index (χ1v) is 8.27. The Balaban J connectivity index is 0.00000338. The molecule has 0 aromatic heterocycles. The third kappa shape index (κ3) is 5.71. The van der Waals surface area contributed by atoms with Crippen LogP contribution in [0.5, 0.6) is 5.75 Å². The molecule has 0 fully saturated rings. The summed E-state index contributed by atoms with van der Waals surface area (Å²) in [5, 5.41) is 2.78. The quantitative estimate of drug-likeness (QED) is 0.749. The number of nitrogens with two attached hydrogens (primary N) is 1. The van der Waals surface area contributed by atoms with Crippen molar-refractivity contribution in [1.29, 1.82) is 0 Å². The Morgan fingerprint density at radius 3 is 2.81 bits per heavy atom. The zero-order chi connectivity index (χ0) is 18.4. The molecule has 0 saturated carbocycles. The summed E-state index contributed by atoms with van der Waals surface area (Å²) in [6, 6.07) is 5.17. The number of hydrogen-bond acceptors (Lipinski definition) is 4. The highest BCUT2D eigenvalue weighted by Gasteiger charge is 2.26. The lowest BCUT2D eigenvalue weighted by Gasteiger charge is -2.28. The van der Waals surface area contributed by atoms with Crippen molar-refractivity contribution in [1.82, 2.24) is 10.2 Å². The molecule has 1 aromatic rings. The van der Waals surface area contributed by atoms with Crippen molar-refractivity contribution in [2.75, 3.05) is 26.2 Å². The predicted molar refractivity (Wildman–Crippen MR) is 100 cm³/mol. The van der Waals surface area contributed by atoms with Crippen LogP contribution < -0.4 is 15.8 Å². The number of carbonyl (C=O) groups is 2. The molecule has 8 heteroatoms. The number of rotatable bonds is 7. The van der Waals surface area contributed by atoms with Crippen LogP contribution in [-0.2, 0) is 11.2 Å². The van der Waals surface area contributed by atoms with Crippen LogP contribution in [0.2, 0.25) is 0 Å². The van der Waals surface area contributed by atoms with E-state index in [1.807, 2.05) is 13.8 Å². The molecule has 2 rings (SSSR count). The minimum Gasteiger partial charge on any atom is -0.489 e. The standard InChI is InChI=1S/C18H24FN3O3.ClH/c1-12(2)21-17(23)10-22-6-5-14-7-15(3-4-16(14)18(22)24)25-11-13(8-19)9-20;/h3-4,7-8,12H,5-6,9-11,20H2,1-2H3,(H,21,23);1H/b13-8-;. The summed E-state index contributed by atoms with van der Waals surface area (Å²) >= 11 is 0. The van der Waals surface area contributed by atoms with E-state index in [-0.39, 0.29) is 50.0 Å². The van der Waals surface area contributed by atoms with Crippen molar-refractivity contribution in [3.8, 4) is 5.75 Å². The number of fused-ring (bicyclic) bond motifs is 1. The van der Waals surface area contributed by atoms with E-state index in [0.717, 1.165) is 5.56 Å². The average Bonchev–Trinajstić information content (AvgIpc) is 2.57. The Bertz CT molecular complexity index is 680. The van der Waals surface area contributed by atoms with Crippen LogP contribution in [0, 0.1) is 0 Å². The summed E-state index contributed by atoms with van der Waals surface area (Å²) in [5.41, 5.74) is 7.18. The van der Waals surface area contributed by atoms with E-state index in [4.69, 9.17) is 10.5 Å². The molecule has 1 heterocycles. The van der Waals surface area contributed by atoms with Crippen molar-refractivity contribution in [3.05, 3.63) is 41.2 Å². The van der Waals surface area contributed by atoms with E-state index in [2.05, 4.69) is 5.32 Å². The van der Waals surface area contributed by atoms with Gasteiger partial charge in [0.2, 0.25) is 5.91 Å². The normalized spacial score (nSPS) is 14.0. The van der Waals surface area contributed by atoms with Crippen LogP contribution in [0.15, 0.2) is 30.1 Å². The lowest BCUT2D eigenvalue weighted by molar-refractivity contribution is -0.122. The molecule has 1 aromatic carbocycles. The summed E-state index contributed by atoms with van der Waals surface area (Å²) in [6.45, 7) is 4.44. The monoisotopic (exact) mass is 385 g/mol. The Kier molecular flexibility index (Phi) is 8.54. The molecular formula is C18H25ClFN3O3. The Hall–Kier alpha value is -2.12. The number of nitrogens with zero attached hydrogens (tertiary/aromatic N) is 1. The van der Waals surface area contributed by atoms with Gasteiger partial charge in [-0.1, -0.05) is 0 Å². The fraction of sp³-hybridized carbons (Fsp3) is 0.444. The second-order valence-corrected chi connectivity index (χ2v) is 6.28. The summed E-state index contributed by atoms with van der Waals surface area (Å²) < 4.78 is 18.0. The lowest BCUT2D eigenvalue weighted by Crippen LogP contribution is -2.45. The highest BCUT2D eigenvalue weighted by atomic mass is 35.5. The molecule has 1 aliphatic heterocycles. The van der Waals surface area contributed by atoms with Gasteiger partial charge in [0.05, 0.1) is 12.9 Å². The largest absolute Gasteiger partial charge is 0.489 e. The van der Waals surface area contributed by atoms with Crippen LogP contribution in [0.3, 0.4) is 0 Å². The number of nitrogens with one attached hydrogen (secondary N) is 1. The molecule has 0 spiro atoms. The van der Waals surface area contributed by atoms with Gasteiger partial charge in [0.1, 0.15) is 12.4 Å². The first-order valence-electron chi connectivity index (χ1n) is 8.27. The molecular weight excluding hydrogens is 361 g/mol. The predicted octanol–water partition coefficient (Wildman–Crippen LogP) is 1.82. The second-order valence-electron chi connectivity index (χ2n) is 6.28. The first kappa shape index (κ1) is 21.9. The van der Waals surface area contributed by atoms with E-state index in [9.17, 15) is 14.0 Å². The molecule has 1 aliphatic rings. The minimum atomic E-state index is -0.169. The summed E-state index contributed by atoms with van der Waals surface area (Å²) in [7, 11) is 0. The highest BCUT2D eigenvalue weighted by molar-refractivity contribution is 5.98. The van der Waals surface area contributed by atoms with Crippen molar-refractivity contribution >= 4 is 24.2 Å². The highest BCUT2D eigenvalue weighted by Crippen LogP contribution is 2.24. The third-order valence-electron chi connectivity index (χ3n) is 3.87. The zero-order valence-electron chi connectivity index (χ0n) is 15.0. The number of ether oxygens (including phenoxy) is 1. The fourth-order valence-corrected chi connectivity index (χ4v) is 2.61. The Morgan fingerprint density at radius 2 is 2.19 bits per heavy atom. The van der Waals surface area contributed by atoms with Gasteiger partial charge in [-0.05, 0) is 44.0 Å². The molecule has 144 valence electrons. The van der Waals surface area contributed by atoms with Gasteiger partial charge in [-0.2, -0.15) is 0 Å². The van der Waals surface area contributed by atoms with Crippen molar-refractivity contribution in [3.63, 3.8) is 0 Å². The van der Waals surface area contributed by atoms with E-state index < -0.39 is 0 Å². The topological polar surface area (TPSA) is 84.7 Å². The molecule has 0 unspecified atom stereocenters. The number of carbonyl (C=O) groups excluding carboxylic acids is 2. The van der Waals surface area contributed by atoms with Gasteiger partial charge in [0.15, 0.2) is 0 Å². The maximum Gasteiger partial charge on any atom is 0.254 e. The maximum absolute atomic E-state index is 12.5.